The van der Waals surface area contributed by atoms with Gasteiger partial charge in [-0.3, -0.25) is 0 Å². The molecule has 0 radical (unpaired) electrons. The summed E-state index contributed by atoms with van der Waals surface area (Å²) in [5.41, 5.74) is 2.80. The highest BCUT2D eigenvalue weighted by molar-refractivity contribution is 7.80. The van der Waals surface area contributed by atoms with Gasteiger partial charge in [-0.15, -0.1) is 0 Å². The first-order chi connectivity index (χ1) is 12.7. The smallest absolute Gasteiger partial charge is 0.229 e. The van der Waals surface area contributed by atoms with Crippen molar-refractivity contribution in [3.8, 4) is 11.5 Å². The van der Waals surface area contributed by atoms with Crippen molar-refractivity contribution in [3.63, 3.8) is 0 Å². The number of hydrogen-bond acceptors (Lipinski definition) is 5. The Balaban J connectivity index is 1.51. The van der Waals surface area contributed by atoms with Crippen LogP contribution in [0.15, 0.2) is 65.3 Å². The zero-order valence-corrected chi connectivity index (χ0v) is 14.9. The van der Waals surface area contributed by atoms with E-state index in [1.54, 1.807) is 36.7 Å². The molecule has 0 bridgehead atoms. The molecule has 0 spiro atoms. The third kappa shape index (κ3) is 3.63. The molecule has 0 aliphatic rings. The molecule has 0 amide bonds. The molecule has 0 aliphatic heterocycles. The summed E-state index contributed by atoms with van der Waals surface area (Å²) in [5, 5.41) is 7.19. The molecule has 4 rings (SSSR count). The Bertz CT molecular complexity index is 1050. The Morgan fingerprint density at radius 1 is 1.00 bits per heavy atom. The van der Waals surface area contributed by atoms with Gasteiger partial charge < -0.3 is 15.1 Å². The van der Waals surface area contributed by atoms with Gasteiger partial charge in [0, 0.05) is 28.7 Å². The third-order valence-corrected chi connectivity index (χ3v) is 3.97. The minimum absolute atomic E-state index is 0.413. The second-order valence-corrected chi connectivity index (χ2v) is 6.20. The summed E-state index contributed by atoms with van der Waals surface area (Å²) in [6.45, 7) is 0. The quantitative estimate of drug-likeness (QED) is 0.496. The lowest BCUT2D eigenvalue weighted by Crippen LogP contribution is -2.19. The number of fused-ring (bicyclic) bond motifs is 1. The van der Waals surface area contributed by atoms with E-state index in [1.165, 1.54) is 0 Å². The number of halogens is 1. The Morgan fingerprint density at radius 2 is 1.85 bits per heavy atom. The summed E-state index contributed by atoms with van der Waals surface area (Å²) < 4.78 is 5.73. The van der Waals surface area contributed by atoms with Gasteiger partial charge in [0.15, 0.2) is 16.3 Å². The molecule has 0 saturated carbocycles. The zero-order chi connectivity index (χ0) is 17.9. The van der Waals surface area contributed by atoms with Crippen LogP contribution in [0.5, 0.6) is 0 Å². The number of anilines is 2. The summed E-state index contributed by atoms with van der Waals surface area (Å²) in [6.07, 6.45) is 3.33. The Kier molecular flexibility index (Phi) is 4.47. The topological polar surface area (TPSA) is 75.9 Å². The molecule has 8 heteroatoms. The van der Waals surface area contributed by atoms with Crippen LogP contribution in [0.25, 0.3) is 22.7 Å². The molecular weight excluding hydrogens is 370 g/mol. The van der Waals surface area contributed by atoms with Gasteiger partial charge in [0.1, 0.15) is 5.82 Å². The fraction of sp³-hybridized carbons (Fsp3) is 0. The van der Waals surface area contributed by atoms with Gasteiger partial charge >= 0.3 is 0 Å². The first-order valence-corrected chi connectivity index (χ1v) is 8.47. The second-order valence-electron chi connectivity index (χ2n) is 5.36. The minimum Gasteiger partial charge on any atom is -0.434 e. The molecule has 0 aliphatic carbocycles. The fourth-order valence-electron chi connectivity index (χ4n) is 2.34. The van der Waals surface area contributed by atoms with E-state index in [1.807, 2.05) is 24.3 Å². The van der Waals surface area contributed by atoms with Crippen LogP contribution in [0.3, 0.4) is 0 Å². The number of pyridine rings is 2. The molecule has 0 fully saturated rings. The van der Waals surface area contributed by atoms with Crippen LogP contribution in [0, 0.1) is 0 Å². The molecule has 6 nitrogen and oxygen atoms in total. The Labute approximate surface area is 159 Å². The molecule has 26 heavy (non-hydrogen) atoms. The van der Waals surface area contributed by atoms with Crippen molar-refractivity contribution in [1.82, 2.24) is 15.0 Å². The van der Waals surface area contributed by atoms with E-state index in [9.17, 15) is 0 Å². The summed E-state index contributed by atoms with van der Waals surface area (Å²) in [7, 11) is 0. The molecule has 3 heterocycles. The number of thiocarbonyl (C=S) groups is 1. The van der Waals surface area contributed by atoms with Gasteiger partial charge in [0.2, 0.25) is 5.89 Å². The number of nitrogens with zero attached hydrogens (tertiary/aromatic N) is 3. The highest BCUT2D eigenvalue weighted by Gasteiger charge is 2.10. The largest absolute Gasteiger partial charge is 0.434 e. The van der Waals surface area contributed by atoms with Crippen LogP contribution < -0.4 is 10.6 Å². The number of benzene rings is 1. The van der Waals surface area contributed by atoms with Gasteiger partial charge in [-0.1, -0.05) is 11.6 Å². The van der Waals surface area contributed by atoms with Gasteiger partial charge in [-0.05, 0) is 60.7 Å². The average Bonchev–Trinajstić information content (AvgIpc) is 3.08. The molecule has 0 atom stereocenters. The Morgan fingerprint density at radius 3 is 2.65 bits per heavy atom. The summed E-state index contributed by atoms with van der Waals surface area (Å²) in [5.74, 6) is 1.05. The van der Waals surface area contributed by atoms with Crippen molar-refractivity contribution in [2.24, 2.45) is 0 Å². The van der Waals surface area contributed by atoms with E-state index >= 15 is 0 Å². The van der Waals surface area contributed by atoms with Crippen LogP contribution in [-0.2, 0) is 0 Å². The van der Waals surface area contributed by atoms with E-state index in [0.29, 0.717) is 33.1 Å². The summed E-state index contributed by atoms with van der Waals surface area (Å²) in [6, 6.07) is 14.5. The number of nitrogens with one attached hydrogen (secondary N) is 2. The number of hydrogen-bond donors (Lipinski definition) is 2. The van der Waals surface area contributed by atoms with Crippen molar-refractivity contribution in [3.05, 3.63) is 65.9 Å². The molecule has 1 aromatic carbocycles. The van der Waals surface area contributed by atoms with E-state index in [-0.39, 0.29) is 0 Å². The maximum absolute atomic E-state index is 5.88. The summed E-state index contributed by atoms with van der Waals surface area (Å²) >= 11 is 11.2. The second kappa shape index (κ2) is 7.07. The van der Waals surface area contributed by atoms with Crippen molar-refractivity contribution >= 4 is 51.7 Å². The number of oxazole rings is 1. The lowest BCUT2D eigenvalue weighted by atomic mass is 10.2. The molecule has 2 N–H and O–H groups in total. The fourth-order valence-corrected chi connectivity index (χ4v) is 2.68. The maximum atomic E-state index is 5.88. The van der Waals surface area contributed by atoms with Gasteiger partial charge in [-0.25, -0.2) is 9.97 Å². The van der Waals surface area contributed by atoms with Crippen molar-refractivity contribution in [2.45, 2.75) is 0 Å². The van der Waals surface area contributed by atoms with Gasteiger partial charge in [0.25, 0.3) is 0 Å². The Hall–Kier alpha value is -3.03. The first kappa shape index (κ1) is 16.4. The lowest BCUT2D eigenvalue weighted by molar-refractivity contribution is 0.619. The lowest BCUT2D eigenvalue weighted by Gasteiger charge is -2.10. The van der Waals surface area contributed by atoms with Crippen LogP contribution in [0.4, 0.5) is 11.5 Å². The number of aromatic nitrogens is 3. The molecule has 0 unspecified atom stereocenters. The zero-order valence-electron chi connectivity index (χ0n) is 13.3. The SMILES string of the molecule is S=C(Nc1ccc(Cl)cc1)Nc1cc(-c2nc3ncccc3o2)ccn1. The minimum atomic E-state index is 0.413. The van der Waals surface area contributed by atoms with E-state index < -0.39 is 0 Å². The van der Waals surface area contributed by atoms with Gasteiger partial charge in [-0.2, -0.15) is 4.98 Å². The molecule has 128 valence electrons. The van der Waals surface area contributed by atoms with Gasteiger partial charge in [0.05, 0.1) is 0 Å². The highest BCUT2D eigenvalue weighted by Crippen LogP contribution is 2.24. The predicted molar refractivity (Wildman–Crippen MR) is 106 cm³/mol. The number of rotatable bonds is 3. The molecule has 0 saturated heterocycles. The van der Waals surface area contributed by atoms with E-state index in [0.717, 1.165) is 11.3 Å². The molecule has 3 aromatic heterocycles. The standard InChI is InChI=1S/C18H12ClN5OS/c19-12-3-5-13(6-4-12)22-18(26)23-15-10-11(7-9-20-15)17-24-16-14(25-17)2-1-8-21-16/h1-10H,(H2,20,22,23,26). The van der Waals surface area contributed by atoms with Crippen molar-refractivity contribution < 1.29 is 4.42 Å². The first-order valence-electron chi connectivity index (χ1n) is 7.69. The average molecular weight is 382 g/mol. The summed E-state index contributed by atoms with van der Waals surface area (Å²) in [4.78, 5) is 12.8. The van der Waals surface area contributed by atoms with Crippen LogP contribution in [-0.4, -0.2) is 20.1 Å². The highest BCUT2D eigenvalue weighted by atomic mass is 35.5. The van der Waals surface area contributed by atoms with Crippen LogP contribution in [0.1, 0.15) is 0 Å². The predicted octanol–water partition coefficient (Wildman–Crippen LogP) is 4.75. The van der Waals surface area contributed by atoms with Crippen LogP contribution in [0.2, 0.25) is 5.02 Å². The molecular formula is C18H12ClN5OS. The van der Waals surface area contributed by atoms with Crippen LogP contribution >= 0.6 is 23.8 Å². The van der Waals surface area contributed by atoms with E-state index in [4.69, 9.17) is 28.2 Å². The van der Waals surface area contributed by atoms with Crippen molar-refractivity contribution in [2.75, 3.05) is 10.6 Å². The normalized spacial score (nSPS) is 10.7. The van der Waals surface area contributed by atoms with E-state index in [2.05, 4.69) is 25.6 Å². The van der Waals surface area contributed by atoms with Crippen molar-refractivity contribution in [1.29, 1.82) is 0 Å². The third-order valence-electron chi connectivity index (χ3n) is 3.52. The maximum Gasteiger partial charge on any atom is 0.229 e. The monoisotopic (exact) mass is 381 g/mol. The molecule has 4 aromatic rings.